The van der Waals surface area contributed by atoms with Crippen LogP contribution in [0.25, 0.3) is 0 Å². The highest BCUT2D eigenvalue weighted by atomic mass is 16.4. The van der Waals surface area contributed by atoms with E-state index in [0.717, 1.165) is 57.3 Å². The van der Waals surface area contributed by atoms with Crippen LogP contribution in [0.5, 0.6) is 0 Å². The lowest BCUT2D eigenvalue weighted by molar-refractivity contribution is -0.989. The number of nitrogens with one attached hydrogen (secondary N) is 3. The predicted molar refractivity (Wildman–Crippen MR) is 87.2 cm³/mol. The van der Waals surface area contributed by atoms with Crippen molar-refractivity contribution in [1.82, 2.24) is 0 Å². The Hall–Kier alpha value is -1.75. The molecular weight excluding hydrogens is 356 g/mol. The summed E-state index contributed by atoms with van der Waals surface area (Å²) in [4.78, 5) is 35.8. The van der Waals surface area contributed by atoms with Gasteiger partial charge in [0.15, 0.2) is 0 Å². The van der Waals surface area contributed by atoms with Crippen molar-refractivity contribution < 1.29 is 49.7 Å². The summed E-state index contributed by atoms with van der Waals surface area (Å²) in [5.74, 6) is -3.18. The summed E-state index contributed by atoms with van der Waals surface area (Å²) in [5, 5.41) is 34.5. The van der Waals surface area contributed by atoms with Gasteiger partial charge in [0, 0.05) is 37.2 Å². The molecule has 0 aromatic heterocycles. The lowest BCUT2D eigenvalue weighted by Gasteiger charge is -2.27. The first-order chi connectivity index (χ1) is 12.9. The molecule has 0 aromatic rings. The number of aliphatic carboxylic acids is 3. The predicted octanol–water partition coefficient (Wildman–Crippen LogP) is -10.4. The number of carbonyl (C=O) groups is 3. The highest BCUT2D eigenvalue weighted by molar-refractivity contribution is 5.64. The molecule has 1 aliphatic rings. The molecule has 1 rings (SSSR count). The average Bonchev–Trinajstić information content (AvgIpc) is 2.59. The van der Waals surface area contributed by atoms with Gasteiger partial charge in [0.05, 0.1) is 19.6 Å². The molecule has 10 heteroatoms. The fourth-order valence-corrected chi connectivity index (χ4v) is 3.43. The van der Waals surface area contributed by atoms with Crippen molar-refractivity contribution in [1.29, 1.82) is 0 Å². The molecule has 156 valence electrons. The van der Waals surface area contributed by atoms with Gasteiger partial charge in [-0.15, -0.1) is 0 Å². The molecule has 1 fully saturated rings. The summed E-state index contributed by atoms with van der Waals surface area (Å²) in [6.45, 7) is 7.86. The maximum Gasteiger partial charge on any atom is 0.127 e. The summed E-state index contributed by atoms with van der Waals surface area (Å²) >= 11 is 0. The van der Waals surface area contributed by atoms with E-state index >= 15 is 0 Å². The van der Waals surface area contributed by atoms with E-state index in [1.54, 1.807) is 0 Å². The van der Waals surface area contributed by atoms with Gasteiger partial charge < -0.3 is 49.7 Å². The van der Waals surface area contributed by atoms with E-state index in [2.05, 4.69) is 5.32 Å². The topological polar surface area (TPSA) is 150 Å². The zero-order chi connectivity index (χ0) is 20.1. The van der Waals surface area contributed by atoms with Crippen molar-refractivity contribution in [3.05, 3.63) is 0 Å². The van der Waals surface area contributed by atoms with Crippen LogP contribution in [0.1, 0.15) is 19.3 Å². The van der Waals surface area contributed by atoms with Gasteiger partial charge in [0.1, 0.15) is 52.4 Å². The Morgan fingerprint density at radius 1 is 0.593 bits per heavy atom. The van der Waals surface area contributed by atoms with Gasteiger partial charge in [-0.25, -0.2) is 0 Å². The van der Waals surface area contributed by atoms with E-state index in [4.69, 9.17) is 0 Å². The van der Waals surface area contributed by atoms with Crippen LogP contribution in [-0.4, -0.2) is 89.9 Å². The molecule has 0 spiro atoms. The minimum atomic E-state index is -1.08. The van der Waals surface area contributed by atoms with Gasteiger partial charge in [-0.05, 0) is 0 Å². The number of carboxylic acid groups (broad SMARTS) is 3. The summed E-state index contributed by atoms with van der Waals surface area (Å²) < 4.78 is 0. The molecule has 1 aliphatic heterocycles. The summed E-state index contributed by atoms with van der Waals surface area (Å²) in [6.07, 6.45) is 0.0155. The van der Waals surface area contributed by atoms with Crippen LogP contribution in [0.4, 0.5) is 0 Å². The van der Waals surface area contributed by atoms with Crippen molar-refractivity contribution in [3.8, 4) is 0 Å². The van der Waals surface area contributed by atoms with Crippen LogP contribution >= 0.6 is 0 Å². The zero-order valence-electron chi connectivity index (χ0n) is 15.9. The number of carbonyl (C=O) groups excluding carboxylic acids is 3. The van der Waals surface area contributed by atoms with E-state index in [1.165, 1.54) is 9.80 Å². The molecule has 2 atom stereocenters. The van der Waals surface area contributed by atoms with Crippen molar-refractivity contribution in [2.75, 3.05) is 72.0 Å². The van der Waals surface area contributed by atoms with Gasteiger partial charge >= 0.3 is 0 Å². The Kier molecular flexibility index (Phi) is 11.6. The molecule has 0 aliphatic carbocycles. The van der Waals surface area contributed by atoms with Crippen molar-refractivity contribution in [3.63, 3.8) is 0 Å². The zero-order valence-corrected chi connectivity index (χ0v) is 15.9. The third-order valence-electron chi connectivity index (χ3n) is 5.12. The van der Waals surface area contributed by atoms with Crippen LogP contribution < -0.4 is 35.3 Å². The van der Waals surface area contributed by atoms with Gasteiger partial charge in [-0.3, -0.25) is 0 Å². The summed E-state index contributed by atoms with van der Waals surface area (Å²) in [7, 11) is 0. The van der Waals surface area contributed by atoms with Crippen LogP contribution in [0.2, 0.25) is 0 Å². The highest BCUT2D eigenvalue weighted by Gasteiger charge is 2.19. The lowest BCUT2D eigenvalue weighted by Crippen LogP contribution is -3.25. The quantitative estimate of drug-likeness (QED) is 0.307. The molecule has 0 bridgehead atoms. The van der Waals surface area contributed by atoms with Crippen molar-refractivity contribution in [2.24, 2.45) is 0 Å². The van der Waals surface area contributed by atoms with E-state index in [9.17, 15) is 29.7 Å². The third-order valence-corrected chi connectivity index (χ3v) is 5.12. The standard InChI is InChI=1S/C17H32N4O6/c22-15(23)1-6-19-9-4-18-5-10-20(7-2-16(24)25)12-14-21(13-11-19)8-3-17(26)27/h18H,1-14H2,(H,22,23)(H,24,25)(H,26,27)/p+1. The molecule has 0 radical (unpaired) electrons. The van der Waals surface area contributed by atoms with Gasteiger partial charge in [0.2, 0.25) is 0 Å². The molecule has 27 heavy (non-hydrogen) atoms. The number of carboxylic acids is 3. The molecular formula is C17H33N4O6+. The number of rotatable bonds is 9. The Balaban J connectivity index is 2.64. The first-order valence-corrected chi connectivity index (χ1v) is 9.78. The first-order valence-electron chi connectivity index (χ1n) is 9.78. The SMILES string of the molecule is O=C([O-])CC[NH+]1CC[NH2+]CC[NH+](CCC(=O)[O-])CC[NH+](CCC(=O)[O-])CC1. The number of nitrogens with two attached hydrogens (primary N) is 1. The summed E-state index contributed by atoms with van der Waals surface area (Å²) in [5.41, 5.74) is 0. The van der Waals surface area contributed by atoms with Crippen LogP contribution in [0.15, 0.2) is 0 Å². The number of quaternary nitrogens is 4. The average molecular weight is 389 g/mol. The molecule has 5 N–H and O–H groups in total. The number of hydrogen-bond acceptors (Lipinski definition) is 6. The minimum absolute atomic E-state index is 0.0187. The van der Waals surface area contributed by atoms with E-state index in [1.807, 2.05) is 0 Å². The lowest BCUT2D eigenvalue weighted by atomic mass is 10.3. The van der Waals surface area contributed by atoms with Gasteiger partial charge in [-0.2, -0.15) is 0 Å². The third kappa shape index (κ3) is 12.3. The second kappa shape index (κ2) is 13.4. The normalized spacial score (nSPS) is 25.1. The maximum absolute atomic E-state index is 10.8. The molecule has 0 amide bonds. The Labute approximate surface area is 159 Å². The Morgan fingerprint density at radius 3 is 1.19 bits per heavy atom. The maximum atomic E-state index is 10.8. The van der Waals surface area contributed by atoms with Crippen molar-refractivity contribution in [2.45, 2.75) is 19.3 Å². The Bertz CT molecular complexity index is 444. The highest BCUT2D eigenvalue weighted by Crippen LogP contribution is 1.71. The monoisotopic (exact) mass is 389 g/mol. The van der Waals surface area contributed by atoms with Crippen LogP contribution in [0.3, 0.4) is 0 Å². The van der Waals surface area contributed by atoms with Crippen LogP contribution in [0, 0.1) is 0 Å². The Morgan fingerprint density at radius 2 is 0.889 bits per heavy atom. The smallest absolute Gasteiger partial charge is 0.127 e. The van der Waals surface area contributed by atoms with E-state index in [-0.39, 0.29) is 19.3 Å². The molecule has 2 unspecified atom stereocenters. The van der Waals surface area contributed by atoms with Crippen molar-refractivity contribution >= 4 is 17.9 Å². The molecule has 1 saturated heterocycles. The fourth-order valence-electron chi connectivity index (χ4n) is 3.43. The molecule has 0 saturated carbocycles. The molecule has 1 heterocycles. The number of hydrogen-bond donors (Lipinski definition) is 4. The minimum Gasteiger partial charge on any atom is -0.550 e. The largest absolute Gasteiger partial charge is 0.550 e. The molecule has 10 nitrogen and oxygen atoms in total. The van der Waals surface area contributed by atoms with Gasteiger partial charge in [0.25, 0.3) is 0 Å². The van der Waals surface area contributed by atoms with Crippen LogP contribution in [-0.2, 0) is 14.4 Å². The van der Waals surface area contributed by atoms with E-state index in [0.29, 0.717) is 19.6 Å². The molecule has 0 aromatic carbocycles. The fraction of sp³-hybridized carbons (Fsp3) is 0.824. The van der Waals surface area contributed by atoms with Gasteiger partial charge in [-0.1, -0.05) is 0 Å². The summed E-state index contributed by atoms with van der Waals surface area (Å²) in [6, 6.07) is 0. The van der Waals surface area contributed by atoms with E-state index < -0.39 is 17.9 Å². The first kappa shape index (κ1) is 23.3. The second-order valence-electron chi connectivity index (χ2n) is 7.23. The second-order valence-corrected chi connectivity index (χ2v) is 7.23.